The van der Waals surface area contributed by atoms with Crippen LogP contribution in [0.4, 0.5) is 0 Å². The molecule has 5 heterocycles. The van der Waals surface area contributed by atoms with E-state index >= 15 is 0 Å². The molecule has 0 fully saturated rings. The SMILES string of the molecule is c1ccc(-c2nc(-c3ccccc3)nc(-n3c4ccccc4c4cc(-c5ccc6c7ccccc7n(-c7cnc8sc9cc%10c%11ccccc%11c%11ccccc%11c%10cc9c8c7)c6c5)ccc43)n2)cc1. The predicted molar refractivity (Wildman–Crippen MR) is 288 cm³/mol. The van der Waals surface area contributed by atoms with Crippen molar-refractivity contribution >= 4 is 108 Å². The molecule has 0 amide bonds. The third-order valence-corrected chi connectivity index (χ3v) is 15.1. The average Bonchev–Trinajstić information content (AvgIpc) is 4.07. The Kier molecular flexibility index (Phi) is 8.13. The van der Waals surface area contributed by atoms with E-state index in [-0.39, 0.29) is 0 Å². The van der Waals surface area contributed by atoms with Gasteiger partial charge in [-0.25, -0.2) is 9.97 Å². The molecule has 10 aromatic carbocycles. The molecular formula is C62H36N6S. The quantitative estimate of drug-likeness (QED) is 0.162. The van der Waals surface area contributed by atoms with E-state index in [0.29, 0.717) is 17.6 Å². The number of para-hydroxylation sites is 2. The number of nitrogens with zero attached hydrogens (tertiary/aromatic N) is 6. The van der Waals surface area contributed by atoms with Crippen LogP contribution in [0.15, 0.2) is 219 Å². The van der Waals surface area contributed by atoms with Gasteiger partial charge in [0.25, 0.3) is 0 Å². The number of rotatable bonds is 5. The van der Waals surface area contributed by atoms with Gasteiger partial charge in [0.2, 0.25) is 5.95 Å². The minimum absolute atomic E-state index is 0.576. The molecule has 15 rings (SSSR count). The van der Waals surface area contributed by atoms with Crippen molar-refractivity contribution in [3.8, 4) is 45.5 Å². The number of pyridine rings is 1. The fourth-order valence-electron chi connectivity index (χ4n) is 10.9. The van der Waals surface area contributed by atoms with E-state index in [1.807, 2.05) is 60.7 Å². The van der Waals surface area contributed by atoms with Gasteiger partial charge >= 0.3 is 0 Å². The summed E-state index contributed by atoms with van der Waals surface area (Å²) in [6.45, 7) is 0. The van der Waals surface area contributed by atoms with Crippen LogP contribution in [0.2, 0.25) is 0 Å². The lowest BCUT2D eigenvalue weighted by molar-refractivity contribution is 0.953. The Bertz CT molecular complexity index is 4550. The van der Waals surface area contributed by atoms with E-state index in [1.165, 1.54) is 58.6 Å². The molecule has 0 radical (unpaired) electrons. The Morgan fingerprint density at radius 1 is 0.304 bits per heavy atom. The Labute approximate surface area is 398 Å². The number of fused-ring (bicyclic) bond motifs is 15. The maximum absolute atomic E-state index is 5.20. The standard InChI is InChI=1S/C62H36N6S/c1-3-15-37(16-4-1)59-64-60(38-17-5-2-6-18-38)66-62(65-59)68-55-26-14-12-24-47(55)51-31-39(28-30-56(51)68)40-27-29-48-46-23-11-13-25-54(46)67(57(48)32-40)41-33-53-52-34-49-44-21-9-7-19-42(44)43-20-8-10-22-45(43)50(49)35-58(52)69-61(53)63-36-41/h1-36H. The van der Waals surface area contributed by atoms with Crippen LogP contribution < -0.4 is 0 Å². The first kappa shape index (κ1) is 38.1. The van der Waals surface area contributed by atoms with Gasteiger partial charge in [0.15, 0.2) is 11.6 Å². The molecule has 5 aromatic heterocycles. The largest absolute Gasteiger partial charge is 0.308 e. The van der Waals surface area contributed by atoms with Crippen LogP contribution in [0.3, 0.4) is 0 Å². The van der Waals surface area contributed by atoms with Crippen molar-refractivity contribution in [3.63, 3.8) is 0 Å². The highest BCUT2D eigenvalue weighted by Gasteiger charge is 2.21. The minimum atomic E-state index is 0.576. The highest BCUT2D eigenvalue weighted by Crippen LogP contribution is 2.43. The molecule has 0 spiro atoms. The number of hydrogen-bond donors (Lipinski definition) is 0. The lowest BCUT2D eigenvalue weighted by Crippen LogP contribution is -2.06. The van der Waals surface area contributed by atoms with Crippen molar-refractivity contribution in [2.45, 2.75) is 0 Å². The van der Waals surface area contributed by atoms with E-state index in [2.05, 4.69) is 167 Å². The summed E-state index contributed by atoms with van der Waals surface area (Å²) < 4.78 is 5.82. The minimum Gasteiger partial charge on any atom is -0.308 e. The summed E-state index contributed by atoms with van der Waals surface area (Å²) in [5.74, 6) is 1.83. The number of hydrogen-bond acceptors (Lipinski definition) is 5. The Morgan fingerprint density at radius 2 is 0.812 bits per heavy atom. The summed E-state index contributed by atoms with van der Waals surface area (Å²) in [5, 5.41) is 14.7. The fourth-order valence-corrected chi connectivity index (χ4v) is 11.9. The number of thiophene rings is 1. The van der Waals surface area contributed by atoms with E-state index in [9.17, 15) is 0 Å². The molecule has 0 saturated heterocycles. The predicted octanol–water partition coefficient (Wildman–Crippen LogP) is 16.3. The third-order valence-electron chi connectivity index (χ3n) is 14.0. The summed E-state index contributed by atoms with van der Waals surface area (Å²) in [6, 6.07) is 76.0. The topological polar surface area (TPSA) is 61.4 Å². The second kappa shape index (κ2) is 14.7. The summed E-state index contributed by atoms with van der Waals surface area (Å²) in [7, 11) is 0. The zero-order chi connectivity index (χ0) is 45.2. The first-order chi connectivity index (χ1) is 34.2. The molecule has 69 heavy (non-hydrogen) atoms. The van der Waals surface area contributed by atoms with Crippen molar-refractivity contribution in [1.82, 2.24) is 29.1 Å². The second-order valence-corrected chi connectivity index (χ2v) is 18.8. The molecule has 320 valence electrons. The molecule has 0 aliphatic carbocycles. The Balaban J connectivity index is 0.904. The van der Waals surface area contributed by atoms with E-state index in [1.54, 1.807) is 11.3 Å². The molecule has 0 atom stereocenters. The van der Waals surface area contributed by atoms with Crippen molar-refractivity contribution < 1.29 is 0 Å². The molecule has 0 unspecified atom stereocenters. The van der Waals surface area contributed by atoms with Crippen LogP contribution in [0, 0.1) is 0 Å². The van der Waals surface area contributed by atoms with Gasteiger partial charge in [0, 0.05) is 48.1 Å². The lowest BCUT2D eigenvalue weighted by Gasteiger charge is -2.11. The summed E-state index contributed by atoms with van der Waals surface area (Å²) >= 11 is 1.77. The molecule has 7 heteroatoms. The highest BCUT2D eigenvalue weighted by atomic mass is 32.1. The zero-order valence-corrected chi connectivity index (χ0v) is 37.7. The van der Waals surface area contributed by atoms with Crippen LogP contribution in [-0.4, -0.2) is 29.1 Å². The van der Waals surface area contributed by atoms with Gasteiger partial charge in [-0.1, -0.05) is 164 Å². The fraction of sp³-hybridized carbons (Fsp3) is 0. The molecule has 0 saturated carbocycles. The summed E-state index contributed by atoms with van der Waals surface area (Å²) in [5.41, 5.74) is 9.49. The lowest BCUT2D eigenvalue weighted by atomic mass is 9.93. The van der Waals surface area contributed by atoms with Crippen LogP contribution in [0.1, 0.15) is 0 Å². The Hall–Kier alpha value is -9.04. The smallest absolute Gasteiger partial charge is 0.238 e. The molecule has 15 aromatic rings. The molecule has 0 aliphatic heterocycles. The van der Waals surface area contributed by atoms with E-state index < -0.39 is 0 Å². The Morgan fingerprint density at radius 3 is 1.48 bits per heavy atom. The number of aromatic nitrogens is 6. The van der Waals surface area contributed by atoms with Gasteiger partial charge in [-0.05, 0) is 92.0 Å². The zero-order valence-electron chi connectivity index (χ0n) is 36.9. The van der Waals surface area contributed by atoms with Crippen molar-refractivity contribution in [3.05, 3.63) is 219 Å². The normalized spacial score (nSPS) is 12.1. The summed E-state index contributed by atoms with van der Waals surface area (Å²) in [4.78, 5) is 21.5. The van der Waals surface area contributed by atoms with Crippen LogP contribution >= 0.6 is 11.3 Å². The van der Waals surface area contributed by atoms with Crippen LogP contribution in [0.25, 0.3) is 142 Å². The van der Waals surface area contributed by atoms with E-state index in [4.69, 9.17) is 19.9 Å². The third kappa shape index (κ3) is 5.78. The van der Waals surface area contributed by atoms with Crippen LogP contribution in [0.5, 0.6) is 0 Å². The van der Waals surface area contributed by atoms with Gasteiger partial charge in [-0.15, -0.1) is 11.3 Å². The average molecular weight is 897 g/mol. The van der Waals surface area contributed by atoms with Gasteiger partial charge in [-0.3, -0.25) is 4.57 Å². The molecule has 0 N–H and O–H groups in total. The first-order valence-corrected chi connectivity index (χ1v) is 24.0. The van der Waals surface area contributed by atoms with E-state index in [0.717, 1.165) is 65.6 Å². The maximum Gasteiger partial charge on any atom is 0.238 e. The molecular weight excluding hydrogens is 861 g/mol. The summed E-state index contributed by atoms with van der Waals surface area (Å²) in [6.07, 6.45) is 2.05. The van der Waals surface area contributed by atoms with Gasteiger partial charge in [0.05, 0.1) is 34.0 Å². The monoisotopic (exact) mass is 896 g/mol. The molecule has 6 nitrogen and oxygen atoms in total. The van der Waals surface area contributed by atoms with Crippen molar-refractivity contribution in [2.75, 3.05) is 0 Å². The van der Waals surface area contributed by atoms with Gasteiger partial charge in [-0.2, -0.15) is 9.97 Å². The van der Waals surface area contributed by atoms with Gasteiger partial charge in [0.1, 0.15) is 4.83 Å². The number of benzene rings is 10. The molecule has 0 aliphatic rings. The van der Waals surface area contributed by atoms with Gasteiger partial charge < -0.3 is 4.57 Å². The molecule has 0 bridgehead atoms. The van der Waals surface area contributed by atoms with Crippen LogP contribution in [-0.2, 0) is 0 Å². The van der Waals surface area contributed by atoms with Crippen molar-refractivity contribution in [1.29, 1.82) is 0 Å². The first-order valence-electron chi connectivity index (χ1n) is 23.2. The highest BCUT2D eigenvalue weighted by molar-refractivity contribution is 7.25. The maximum atomic E-state index is 5.20. The second-order valence-electron chi connectivity index (χ2n) is 17.8. The van der Waals surface area contributed by atoms with Crippen molar-refractivity contribution in [2.24, 2.45) is 0 Å².